The first-order chi connectivity index (χ1) is 8.43. The Morgan fingerprint density at radius 1 is 1.17 bits per heavy atom. The second-order valence-corrected chi connectivity index (χ2v) is 5.83. The van der Waals surface area contributed by atoms with Crippen LogP contribution in [0.1, 0.15) is 60.1 Å². The van der Waals surface area contributed by atoms with Gasteiger partial charge in [0.2, 0.25) is 0 Å². The lowest BCUT2D eigenvalue weighted by atomic mass is 9.87. The van der Waals surface area contributed by atoms with Crippen LogP contribution in [0.4, 0.5) is 0 Å². The van der Waals surface area contributed by atoms with Crippen LogP contribution in [0.2, 0.25) is 0 Å². The third-order valence-electron chi connectivity index (χ3n) is 3.64. The van der Waals surface area contributed by atoms with E-state index in [2.05, 4.69) is 63.6 Å². The third kappa shape index (κ3) is 3.11. The highest BCUT2D eigenvalue weighted by atomic mass is 15.2. The summed E-state index contributed by atoms with van der Waals surface area (Å²) in [5, 5.41) is 0. The maximum Gasteiger partial charge on any atom is 0.0609 e. The van der Waals surface area contributed by atoms with E-state index < -0.39 is 0 Å². The van der Waals surface area contributed by atoms with Crippen LogP contribution in [0.15, 0.2) is 24.4 Å². The van der Waals surface area contributed by atoms with Crippen molar-refractivity contribution < 1.29 is 0 Å². The summed E-state index contributed by atoms with van der Waals surface area (Å²) in [6, 6.07) is 7.28. The molecular weight excluding hydrogens is 220 g/mol. The fourth-order valence-corrected chi connectivity index (χ4v) is 3.29. The van der Waals surface area contributed by atoms with E-state index in [1.807, 2.05) is 12.3 Å². The summed E-state index contributed by atoms with van der Waals surface area (Å²) in [6.07, 6.45) is 4.21. The van der Waals surface area contributed by atoms with Crippen molar-refractivity contribution in [1.82, 2.24) is 9.88 Å². The van der Waals surface area contributed by atoms with Crippen LogP contribution >= 0.6 is 0 Å². The highest BCUT2D eigenvalue weighted by Gasteiger charge is 2.37. The molecule has 18 heavy (non-hydrogen) atoms. The molecule has 2 heteroatoms. The van der Waals surface area contributed by atoms with Crippen molar-refractivity contribution in [1.29, 1.82) is 0 Å². The zero-order chi connectivity index (χ0) is 13.8. The van der Waals surface area contributed by atoms with Crippen molar-refractivity contribution in [2.75, 3.05) is 0 Å². The van der Waals surface area contributed by atoms with Gasteiger partial charge in [-0.2, -0.15) is 0 Å². The summed E-state index contributed by atoms with van der Waals surface area (Å²) in [6.45, 7) is 13.7. The quantitative estimate of drug-likeness (QED) is 0.749. The molecule has 0 fully saturated rings. The lowest BCUT2D eigenvalue weighted by Gasteiger charge is -2.46. The van der Waals surface area contributed by atoms with Gasteiger partial charge in [-0.15, -0.1) is 0 Å². The Morgan fingerprint density at radius 3 is 2.17 bits per heavy atom. The van der Waals surface area contributed by atoms with Gasteiger partial charge in [0.15, 0.2) is 0 Å². The summed E-state index contributed by atoms with van der Waals surface area (Å²) >= 11 is 0. The average molecular weight is 248 g/mol. The molecule has 0 aliphatic carbocycles. The maximum absolute atomic E-state index is 4.61. The van der Waals surface area contributed by atoms with E-state index in [4.69, 9.17) is 0 Å². The molecule has 0 saturated heterocycles. The van der Waals surface area contributed by atoms with Crippen molar-refractivity contribution in [3.05, 3.63) is 30.1 Å². The summed E-state index contributed by atoms with van der Waals surface area (Å²) in [7, 11) is 0. The number of hydrogen-bond acceptors (Lipinski definition) is 2. The zero-order valence-corrected chi connectivity index (χ0v) is 12.8. The van der Waals surface area contributed by atoms with E-state index in [1.165, 1.54) is 12.1 Å². The topological polar surface area (TPSA) is 16.1 Å². The zero-order valence-electron chi connectivity index (χ0n) is 12.8. The number of aromatic nitrogens is 1. The fraction of sp³-hybridized carbons (Fsp3) is 0.688. The normalized spacial score (nSPS) is 15.4. The van der Waals surface area contributed by atoms with Crippen LogP contribution in [0.25, 0.3) is 0 Å². The van der Waals surface area contributed by atoms with Crippen molar-refractivity contribution in [3.8, 4) is 0 Å². The molecule has 0 aromatic carbocycles. The van der Waals surface area contributed by atoms with Gasteiger partial charge in [-0.1, -0.05) is 19.4 Å². The molecule has 102 valence electrons. The molecule has 0 bridgehead atoms. The molecular formula is C16H28N2. The summed E-state index contributed by atoms with van der Waals surface area (Å²) in [5.74, 6) is 0. The molecule has 0 saturated carbocycles. The van der Waals surface area contributed by atoms with Gasteiger partial charge in [0.25, 0.3) is 0 Å². The smallest absolute Gasteiger partial charge is 0.0609 e. The van der Waals surface area contributed by atoms with Crippen LogP contribution in [0, 0.1) is 0 Å². The molecule has 2 nitrogen and oxygen atoms in total. The predicted molar refractivity (Wildman–Crippen MR) is 78.6 cm³/mol. The molecule has 0 amide bonds. The molecule has 1 rings (SSSR count). The first kappa shape index (κ1) is 15.2. The Hall–Kier alpha value is -0.890. The molecule has 1 atom stereocenters. The molecule has 1 aromatic heterocycles. The van der Waals surface area contributed by atoms with Crippen LogP contribution in [0.5, 0.6) is 0 Å². The highest BCUT2D eigenvalue weighted by Crippen LogP contribution is 2.35. The summed E-state index contributed by atoms with van der Waals surface area (Å²) in [4.78, 5) is 7.20. The third-order valence-corrected chi connectivity index (χ3v) is 3.64. The summed E-state index contributed by atoms with van der Waals surface area (Å²) < 4.78 is 0. The van der Waals surface area contributed by atoms with E-state index >= 15 is 0 Å². The van der Waals surface area contributed by atoms with Gasteiger partial charge in [-0.05, 0) is 53.2 Å². The van der Waals surface area contributed by atoms with Crippen LogP contribution in [0.3, 0.4) is 0 Å². The molecule has 0 radical (unpaired) electrons. The SMILES string of the molecule is CCCC(C)(c1ccccn1)N(C(C)C)C(C)C. The lowest BCUT2D eigenvalue weighted by Crippen LogP contribution is -2.51. The number of rotatable bonds is 6. The second kappa shape index (κ2) is 6.33. The van der Waals surface area contributed by atoms with Crippen molar-refractivity contribution in [3.63, 3.8) is 0 Å². The second-order valence-electron chi connectivity index (χ2n) is 5.83. The highest BCUT2D eigenvalue weighted by molar-refractivity contribution is 5.16. The Balaban J connectivity index is 3.21. The van der Waals surface area contributed by atoms with Crippen molar-refractivity contribution in [2.24, 2.45) is 0 Å². The Morgan fingerprint density at radius 2 is 1.78 bits per heavy atom. The van der Waals surface area contributed by atoms with Gasteiger partial charge in [0, 0.05) is 18.3 Å². The average Bonchev–Trinajstić information content (AvgIpc) is 2.29. The number of nitrogens with zero attached hydrogens (tertiary/aromatic N) is 2. The van der Waals surface area contributed by atoms with Crippen molar-refractivity contribution in [2.45, 2.75) is 72.0 Å². The van der Waals surface area contributed by atoms with Gasteiger partial charge >= 0.3 is 0 Å². The lowest BCUT2D eigenvalue weighted by molar-refractivity contribution is 0.0244. The van der Waals surface area contributed by atoms with Crippen LogP contribution < -0.4 is 0 Å². The van der Waals surface area contributed by atoms with Gasteiger partial charge in [0.1, 0.15) is 0 Å². The largest absolute Gasteiger partial charge is 0.288 e. The minimum Gasteiger partial charge on any atom is -0.288 e. The maximum atomic E-state index is 4.61. The molecule has 1 unspecified atom stereocenters. The molecule has 0 spiro atoms. The van der Waals surface area contributed by atoms with Gasteiger partial charge in [-0.25, -0.2) is 0 Å². The minimum absolute atomic E-state index is 0.0261. The number of pyridine rings is 1. The standard InChI is InChI=1S/C16H28N2/c1-7-11-16(6,15-10-8-9-12-17-15)18(13(2)3)14(4)5/h8-10,12-14H,7,11H2,1-6H3. The Kier molecular flexibility index (Phi) is 5.33. The van der Waals surface area contributed by atoms with Gasteiger partial charge < -0.3 is 0 Å². The Bertz CT molecular complexity index is 337. The van der Waals surface area contributed by atoms with Crippen LogP contribution in [-0.2, 0) is 5.54 Å². The fourth-order valence-electron chi connectivity index (χ4n) is 3.29. The van der Waals surface area contributed by atoms with Gasteiger partial charge in [-0.3, -0.25) is 9.88 Å². The molecule has 0 aliphatic heterocycles. The number of hydrogen-bond donors (Lipinski definition) is 0. The predicted octanol–water partition coefficient (Wildman–Crippen LogP) is 4.22. The van der Waals surface area contributed by atoms with E-state index in [1.54, 1.807) is 0 Å². The van der Waals surface area contributed by atoms with E-state index in [0.717, 1.165) is 6.42 Å². The monoisotopic (exact) mass is 248 g/mol. The molecule has 1 heterocycles. The Labute approximate surface area is 112 Å². The van der Waals surface area contributed by atoms with Gasteiger partial charge in [0.05, 0.1) is 11.2 Å². The van der Waals surface area contributed by atoms with Crippen LogP contribution in [-0.4, -0.2) is 22.0 Å². The first-order valence-corrected chi connectivity index (χ1v) is 7.13. The minimum atomic E-state index is 0.0261. The summed E-state index contributed by atoms with van der Waals surface area (Å²) in [5.41, 5.74) is 1.22. The molecule has 0 N–H and O–H groups in total. The van der Waals surface area contributed by atoms with Crippen molar-refractivity contribution >= 4 is 0 Å². The first-order valence-electron chi connectivity index (χ1n) is 7.13. The van der Waals surface area contributed by atoms with E-state index in [0.29, 0.717) is 12.1 Å². The van der Waals surface area contributed by atoms with E-state index in [9.17, 15) is 0 Å². The van der Waals surface area contributed by atoms with E-state index in [-0.39, 0.29) is 5.54 Å². The molecule has 1 aromatic rings. The molecule has 0 aliphatic rings.